The summed E-state index contributed by atoms with van der Waals surface area (Å²) in [5, 5.41) is 6.89. The summed E-state index contributed by atoms with van der Waals surface area (Å²) in [6, 6.07) is 9.87. The highest BCUT2D eigenvalue weighted by Crippen LogP contribution is 2.20. The van der Waals surface area contributed by atoms with Gasteiger partial charge >= 0.3 is 0 Å². The van der Waals surface area contributed by atoms with Crippen molar-refractivity contribution in [2.24, 2.45) is 0 Å². The van der Waals surface area contributed by atoms with Gasteiger partial charge in [0, 0.05) is 18.0 Å². The highest BCUT2D eigenvalue weighted by Gasteiger charge is 2.10. The van der Waals surface area contributed by atoms with Crippen molar-refractivity contribution in [1.82, 2.24) is 19.7 Å². The Hall–Kier alpha value is -2.34. The first-order valence-electron chi connectivity index (χ1n) is 5.59. The third kappa shape index (κ3) is 2.17. The van der Waals surface area contributed by atoms with Crippen LogP contribution in [0, 0.1) is 10.6 Å². The molecule has 0 aliphatic heterocycles. The maximum absolute atomic E-state index is 13.3. The maximum atomic E-state index is 13.3. The number of nitrogens with one attached hydrogen (secondary N) is 1. The summed E-state index contributed by atoms with van der Waals surface area (Å²) in [6.45, 7) is 0. The summed E-state index contributed by atoms with van der Waals surface area (Å²) in [5.41, 5.74) is 1.43. The zero-order chi connectivity index (χ0) is 13.2. The predicted octanol–water partition coefficient (Wildman–Crippen LogP) is 3.13. The van der Waals surface area contributed by atoms with Gasteiger partial charge in [-0.15, -0.1) is 0 Å². The highest BCUT2D eigenvalue weighted by molar-refractivity contribution is 7.71. The van der Waals surface area contributed by atoms with Gasteiger partial charge in [0.2, 0.25) is 0 Å². The molecule has 0 aliphatic rings. The summed E-state index contributed by atoms with van der Waals surface area (Å²) >= 11 is 5.20. The smallest absolute Gasteiger partial charge is 0.200 e. The number of pyridine rings is 1. The van der Waals surface area contributed by atoms with Crippen molar-refractivity contribution >= 4 is 12.2 Å². The standard InChI is InChI=1S/C13H9FN4S/c14-10-4-1-5-11(7-10)18-12(16-17-13(18)19)9-3-2-6-15-8-9/h1-8H,(H,17,19). The van der Waals surface area contributed by atoms with E-state index in [2.05, 4.69) is 15.2 Å². The van der Waals surface area contributed by atoms with Gasteiger partial charge in [0.15, 0.2) is 10.6 Å². The number of benzene rings is 1. The number of aromatic amines is 1. The van der Waals surface area contributed by atoms with Crippen LogP contribution < -0.4 is 0 Å². The summed E-state index contributed by atoms with van der Waals surface area (Å²) in [4.78, 5) is 4.05. The molecule has 19 heavy (non-hydrogen) atoms. The molecule has 0 spiro atoms. The third-order valence-electron chi connectivity index (χ3n) is 2.66. The van der Waals surface area contributed by atoms with E-state index in [1.807, 2.05) is 12.1 Å². The monoisotopic (exact) mass is 272 g/mol. The van der Waals surface area contributed by atoms with Gasteiger partial charge in [-0.3, -0.25) is 14.6 Å². The minimum absolute atomic E-state index is 0.322. The van der Waals surface area contributed by atoms with Crippen LogP contribution in [-0.4, -0.2) is 19.7 Å². The molecule has 0 bridgehead atoms. The fourth-order valence-electron chi connectivity index (χ4n) is 1.84. The molecule has 0 fully saturated rings. The molecule has 4 nitrogen and oxygen atoms in total. The van der Waals surface area contributed by atoms with Gasteiger partial charge in [-0.1, -0.05) is 6.07 Å². The molecule has 6 heteroatoms. The molecule has 0 saturated carbocycles. The number of nitrogens with zero attached hydrogens (tertiary/aromatic N) is 3. The quantitative estimate of drug-likeness (QED) is 0.729. The molecule has 3 rings (SSSR count). The summed E-state index contributed by atoms with van der Waals surface area (Å²) in [7, 11) is 0. The van der Waals surface area contributed by atoms with Crippen LogP contribution in [0.25, 0.3) is 17.1 Å². The van der Waals surface area contributed by atoms with Gasteiger partial charge in [0.25, 0.3) is 0 Å². The summed E-state index contributed by atoms with van der Waals surface area (Å²) in [6.07, 6.45) is 3.36. The van der Waals surface area contributed by atoms with Gasteiger partial charge in [0.05, 0.1) is 5.69 Å². The van der Waals surface area contributed by atoms with E-state index in [1.54, 1.807) is 29.1 Å². The van der Waals surface area contributed by atoms with Gasteiger partial charge in [-0.25, -0.2) is 4.39 Å². The van der Waals surface area contributed by atoms with Crippen molar-refractivity contribution < 1.29 is 4.39 Å². The van der Waals surface area contributed by atoms with Crippen LogP contribution >= 0.6 is 12.2 Å². The fraction of sp³-hybridized carbons (Fsp3) is 0. The van der Waals surface area contributed by atoms with E-state index < -0.39 is 0 Å². The summed E-state index contributed by atoms with van der Waals surface area (Å²) in [5.74, 6) is 0.279. The van der Waals surface area contributed by atoms with E-state index in [9.17, 15) is 4.39 Å². The van der Waals surface area contributed by atoms with Crippen molar-refractivity contribution in [3.8, 4) is 17.1 Å². The van der Waals surface area contributed by atoms with Crippen LogP contribution in [0.1, 0.15) is 0 Å². The molecule has 1 N–H and O–H groups in total. The van der Waals surface area contributed by atoms with E-state index in [0.29, 0.717) is 16.3 Å². The van der Waals surface area contributed by atoms with Crippen LogP contribution in [0.15, 0.2) is 48.8 Å². The van der Waals surface area contributed by atoms with Crippen LogP contribution in [0.2, 0.25) is 0 Å². The molecule has 0 unspecified atom stereocenters. The lowest BCUT2D eigenvalue weighted by atomic mass is 10.2. The third-order valence-corrected chi connectivity index (χ3v) is 2.93. The van der Waals surface area contributed by atoms with E-state index in [4.69, 9.17) is 12.2 Å². The SMILES string of the molecule is Fc1cccc(-n2c(-c3cccnc3)n[nH]c2=S)c1. The Balaban J connectivity index is 2.23. The first-order chi connectivity index (χ1) is 9.25. The van der Waals surface area contributed by atoms with Crippen LogP contribution in [-0.2, 0) is 0 Å². The minimum atomic E-state index is -0.322. The van der Waals surface area contributed by atoms with E-state index in [0.717, 1.165) is 5.56 Å². The molecule has 3 aromatic rings. The Kier molecular flexibility index (Phi) is 2.92. The van der Waals surface area contributed by atoms with Crippen LogP contribution in [0.3, 0.4) is 0 Å². The van der Waals surface area contributed by atoms with Crippen LogP contribution in [0.4, 0.5) is 4.39 Å². The van der Waals surface area contributed by atoms with E-state index in [-0.39, 0.29) is 5.82 Å². The predicted molar refractivity (Wildman–Crippen MR) is 71.9 cm³/mol. The summed E-state index contributed by atoms with van der Waals surface area (Å²) < 4.78 is 15.4. The van der Waals surface area contributed by atoms with Crippen LogP contribution in [0.5, 0.6) is 0 Å². The first-order valence-corrected chi connectivity index (χ1v) is 6.00. The number of halogens is 1. The number of H-pyrrole nitrogens is 1. The molecule has 0 aliphatic carbocycles. The fourth-order valence-corrected chi connectivity index (χ4v) is 2.08. The molecule has 0 radical (unpaired) electrons. The molecule has 0 amide bonds. The lowest BCUT2D eigenvalue weighted by molar-refractivity contribution is 0.626. The van der Waals surface area contributed by atoms with Crippen molar-refractivity contribution in [3.05, 3.63) is 59.4 Å². The molecule has 0 atom stereocenters. The topological polar surface area (TPSA) is 46.5 Å². The maximum Gasteiger partial charge on any atom is 0.200 e. The second kappa shape index (κ2) is 4.74. The highest BCUT2D eigenvalue weighted by atomic mass is 32.1. The number of rotatable bonds is 2. The molecular weight excluding hydrogens is 263 g/mol. The number of hydrogen-bond donors (Lipinski definition) is 1. The van der Waals surface area contributed by atoms with Crippen molar-refractivity contribution in [3.63, 3.8) is 0 Å². The molecular formula is C13H9FN4S. The molecule has 2 heterocycles. The number of hydrogen-bond acceptors (Lipinski definition) is 3. The van der Waals surface area contributed by atoms with Crippen molar-refractivity contribution in [2.75, 3.05) is 0 Å². The second-order valence-electron chi connectivity index (χ2n) is 3.91. The normalized spacial score (nSPS) is 10.6. The molecule has 0 saturated heterocycles. The average molecular weight is 272 g/mol. The minimum Gasteiger partial charge on any atom is -0.268 e. The van der Waals surface area contributed by atoms with Crippen molar-refractivity contribution in [1.29, 1.82) is 0 Å². The lowest BCUT2D eigenvalue weighted by Gasteiger charge is -2.06. The lowest BCUT2D eigenvalue weighted by Crippen LogP contribution is -1.98. The molecule has 2 aromatic heterocycles. The second-order valence-corrected chi connectivity index (χ2v) is 4.30. The molecule has 94 valence electrons. The molecule has 1 aromatic carbocycles. The van der Waals surface area contributed by atoms with Crippen molar-refractivity contribution in [2.45, 2.75) is 0 Å². The van der Waals surface area contributed by atoms with E-state index >= 15 is 0 Å². The van der Waals surface area contributed by atoms with Gasteiger partial charge < -0.3 is 0 Å². The zero-order valence-electron chi connectivity index (χ0n) is 9.75. The zero-order valence-corrected chi connectivity index (χ0v) is 10.6. The van der Waals surface area contributed by atoms with Gasteiger partial charge in [-0.05, 0) is 42.5 Å². The Bertz CT molecular complexity index is 764. The number of aromatic nitrogens is 4. The van der Waals surface area contributed by atoms with Gasteiger partial charge in [-0.2, -0.15) is 5.10 Å². The first kappa shape index (κ1) is 11.7. The Morgan fingerprint density at radius 1 is 1.21 bits per heavy atom. The Morgan fingerprint density at radius 3 is 2.84 bits per heavy atom. The largest absolute Gasteiger partial charge is 0.268 e. The van der Waals surface area contributed by atoms with Gasteiger partial charge in [0.1, 0.15) is 5.82 Å². The average Bonchev–Trinajstić information content (AvgIpc) is 2.82. The Morgan fingerprint density at radius 2 is 2.11 bits per heavy atom. The van der Waals surface area contributed by atoms with E-state index in [1.165, 1.54) is 12.1 Å². The Labute approximate surface area is 113 Å².